The fraction of sp³-hybridized carbons (Fsp3) is 0.229. The highest BCUT2D eigenvalue weighted by Crippen LogP contribution is 2.16. The molecule has 8 nitrogen and oxygen atoms in total. The molecule has 0 radical (unpaired) electrons. The zero-order valence-corrected chi connectivity index (χ0v) is 25.2. The summed E-state index contributed by atoms with van der Waals surface area (Å²) in [6, 6.07) is 30.7. The summed E-state index contributed by atoms with van der Waals surface area (Å²) in [5.74, 6) is -1.05. The number of rotatable bonds is 14. The van der Waals surface area contributed by atoms with Gasteiger partial charge in [-0.3, -0.25) is 14.4 Å². The molecule has 0 fully saturated rings. The Morgan fingerprint density at radius 1 is 0.773 bits per heavy atom. The van der Waals surface area contributed by atoms with E-state index in [0.717, 1.165) is 16.7 Å². The third-order valence-electron chi connectivity index (χ3n) is 7.02. The van der Waals surface area contributed by atoms with E-state index in [0.29, 0.717) is 30.2 Å². The average Bonchev–Trinajstić information content (AvgIpc) is 3.04. The molecule has 44 heavy (non-hydrogen) atoms. The topological polar surface area (TPSA) is 117 Å². The van der Waals surface area contributed by atoms with E-state index in [4.69, 9.17) is 16.3 Å². The standard InChI is InChI=1S/C35H36ClN3O5/c1-24(40)32(39-33(41)27-17-19-29(20-18-27)44-23-26-12-6-3-7-13-26)35(43)38-31(21-16-25-10-4-2-5-11-25)34(42)37-22-28-14-8-9-15-30(28)36/h2-15,17-20,24,31-32,40H,16,21-23H2,1H3,(H,37,42)(H,38,43)(H,39,41)/t24-,31+,32+/m1/s1. The van der Waals surface area contributed by atoms with Crippen molar-refractivity contribution in [3.63, 3.8) is 0 Å². The van der Waals surface area contributed by atoms with Crippen LogP contribution in [0.1, 0.15) is 40.4 Å². The summed E-state index contributed by atoms with van der Waals surface area (Å²) in [5, 5.41) is 19.1. The molecular formula is C35H36ClN3O5. The third kappa shape index (κ3) is 9.69. The molecule has 0 unspecified atom stereocenters. The van der Waals surface area contributed by atoms with Crippen molar-refractivity contribution in [2.24, 2.45) is 0 Å². The molecule has 0 spiro atoms. The van der Waals surface area contributed by atoms with Gasteiger partial charge in [0, 0.05) is 17.1 Å². The Morgan fingerprint density at radius 3 is 2.02 bits per heavy atom. The molecule has 4 aromatic rings. The van der Waals surface area contributed by atoms with Crippen LogP contribution in [0.4, 0.5) is 0 Å². The van der Waals surface area contributed by atoms with Gasteiger partial charge in [-0.15, -0.1) is 0 Å². The van der Waals surface area contributed by atoms with Crippen molar-refractivity contribution in [3.05, 3.63) is 136 Å². The highest BCUT2D eigenvalue weighted by molar-refractivity contribution is 6.31. The third-order valence-corrected chi connectivity index (χ3v) is 7.39. The molecule has 4 aromatic carbocycles. The number of carbonyl (C=O) groups excluding carboxylic acids is 3. The molecule has 4 rings (SSSR count). The van der Waals surface area contributed by atoms with E-state index in [-0.39, 0.29) is 12.1 Å². The SMILES string of the molecule is C[C@@H](O)[C@H](NC(=O)c1ccc(OCc2ccccc2)cc1)C(=O)N[C@@H](CCc1ccccc1)C(=O)NCc1ccccc1Cl. The Hall–Kier alpha value is -4.66. The molecule has 0 aromatic heterocycles. The number of amides is 3. The number of benzene rings is 4. The number of nitrogens with one attached hydrogen (secondary N) is 3. The van der Waals surface area contributed by atoms with Gasteiger partial charge in [-0.1, -0.05) is 90.5 Å². The van der Waals surface area contributed by atoms with Crippen molar-refractivity contribution in [2.75, 3.05) is 0 Å². The van der Waals surface area contributed by atoms with Crippen LogP contribution in [-0.2, 0) is 29.2 Å². The maximum Gasteiger partial charge on any atom is 0.252 e. The zero-order valence-electron chi connectivity index (χ0n) is 24.4. The van der Waals surface area contributed by atoms with Crippen molar-refractivity contribution in [1.29, 1.82) is 0 Å². The largest absolute Gasteiger partial charge is 0.489 e. The van der Waals surface area contributed by atoms with Gasteiger partial charge in [-0.25, -0.2) is 0 Å². The second-order valence-electron chi connectivity index (χ2n) is 10.4. The first-order valence-corrected chi connectivity index (χ1v) is 14.8. The Kier molecular flexibility index (Phi) is 11.9. The molecule has 0 bridgehead atoms. The van der Waals surface area contributed by atoms with Crippen molar-refractivity contribution >= 4 is 29.3 Å². The van der Waals surface area contributed by atoms with Crippen LogP contribution in [0.2, 0.25) is 5.02 Å². The second kappa shape index (κ2) is 16.3. The molecule has 0 heterocycles. The fourth-order valence-corrected chi connectivity index (χ4v) is 4.71. The fourth-order valence-electron chi connectivity index (χ4n) is 4.51. The lowest BCUT2D eigenvalue weighted by atomic mass is 10.0. The number of ether oxygens (including phenoxy) is 1. The first-order valence-electron chi connectivity index (χ1n) is 14.4. The van der Waals surface area contributed by atoms with Gasteiger partial charge in [-0.05, 0) is 66.8 Å². The summed E-state index contributed by atoms with van der Waals surface area (Å²) >= 11 is 6.24. The van der Waals surface area contributed by atoms with E-state index in [1.165, 1.54) is 6.92 Å². The number of halogens is 1. The Morgan fingerprint density at radius 2 is 1.39 bits per heavy atom. The van der Waals surface area contributed by atoms with Crippen molar-refractivity contribution < 1.29 is 24.2 Å². The first-order chi connectivity index (χ1) is 21.3. The molecule has 0 saturated carbocycles. The minimum Gasteiger partial charge on any atom is -0.489 e. The van der Waals surface area contributed by atoms with Crippen LogP contribution in [0.5, 0.6) is 5.75 Å². The Bertz CT molecular complexity index is 1510. The molecule has 3 amide bonds. The molecule has 4 N–H and O–H groups in total. The molecule has 228 valence electrons. The minimum absolute atomic E-state index is 0.178. The summed E-state index contributed by atoms with van der Waals surface area (Å²) in [6.45, 7) is 1.97. The van der Waals surface area contributed by atoms with Gasteiger partial charge in [0.15, 0.2) is 0 Å². The van der Waals surface area contributed by atoms with Crippen LogP contribution in [0, 0.1) is 0 Å². The first kappa shape index (κ1) is 32.3. The molecular weight excluding hydrogens is 578 g/mol. The van der Waals surface area contributed by atoms with E-state index in [1.807, 2.05) is 66.7 Å². The second-order valence-corrected chi connectivity index (χ2v) is 10.8. The van der Waals surface area contributed by atoms with E-state index in [1.54, 1.807) is 42.5 Å². The maximum absolute atomic E-state index is 13.4. The van der Waals surface area contributed by atoms with Crippen molar-refractivity contribution in [3.8, 4) is 5.75 Å². The lowest BCUT2D eigenvalue weighted by Crippen LogP contribution is -2.57. The molecule has 0 saturated heterocycles. The summed E-state index contributed by atoms with van der Waals surface area (Å²) in [4.78, 5) is 39.7. The summed E-state index contributed by atoms with van der Waals surface area (Å²) < 4.78 is 5.78. The predicted octanol–water partition coefficient (Wildman–Crippen LogP) is 4.83. The van der Waals surface area contributed by atoms with Gasteiger partial charge >= 0.3 is 0 Å². The number of hydrogen-bond acceptors (Lipinski definition) is 5. The Balaban J connectivity index is 1.39. The van der Waals surface area contributed by atoms with Gasteiger partial charge < -0.3 is 25.8 Å². The highest BCUT2D eigenvalue weighted by atomic mass is 35.5. The molecule has 3 atom stereocenters. The number of carbonyl (C=O) groups is 3. The number of hydrogen-bond donors (Lipinski definition) is 4. The number of aryl methyl sites for hydroxylation is 1. The molecule has 0 aliphatic rings. The maximum atomic E-state index is 13.4. The molecule has 0 aliphatic heterocycles. The van der Waals surface area contributed by atoms with E-state index >= 15 is 0 Å². The quantitative estimate of drug-likeness (QED) is 0.163. The van der Waals surface area contributed by atoms with Gasteiger partial charge in [0.25, 0.3) is 5.91 Å². The lowest BCUT2D eigenvalue weighted by molar-refractivity contribution is -0.131. The molecule has 9 heteroatoms. The van der Waals surface area contributed by atoms with Gasteiger partial charge in [0.1, 0.15) is 24.4 Å². The minimum atomic E-state index is -1.30. The monoisotopic (exact) mass is 613 g/mol. The molecule has 0 aliphatic carbocycles. The Labute approximate surface area is 262 Å². The summed E-state index contributed by atoms with van der Waals surface area (Å²) in [5.41, 5.74) is 3.04. The highest BCUT2D eigenvalue weighted by Gasteiger charge is 2.30. The summed E-state index contributed by atoms with van der Waals surface area (Å²) in [6.07, 6.45) is -0.404. The smallest absolute Gasteiger partial charge is 0.252 e. The van der Waals surface area contributed by atoms with Crippen molar-refractivity contribution in [1.82, 2.24) is 16.0 Å². The number of aliphatic hydroxyl groups excluding tert-OH is 1. The predicted molar refractivity (Wildman–Crippen MR) is 170 cm³/mol. The van der Waals surface area contributed by atoms with Gasteiger partial charge in [0.2, 0.25) is 11.8 Å². The zero-order chi connectivity index (χ0) is 31.3. The van der Waals surface area contributed by atoms with Crippen LogP contribution < -0.4 is 20.7 Å². The average molecular weight is 614 g/mol. The van der Waals surface area contributed by atoms with Crippen LogP contribution in [0.15, 0.2) is 109 Å². The normalized spacial score (nSPS) is 12.8. The van der Waals surface area contributed by atoms with E-state index in [2.05, 4.69) is 16.0 Å². The van der Waals surface area contributed by atoms with Crippen LogP contribution in [-0.4, -0.2) is 41.0 Å². The van der Waals surface area contributed by atoms with E-state index < -0.39 is 35.9 Å². The van der Waals surface area contributed by atoms with Crippen LogP contribution in [0.3, 0.4) is 0 Å². The van der Waals surface area contributed by atoms with Gasteiger partial charge in [0.05, 0.1) is 6.10 Å². The van der Waals surface area contributed by atoms with Crippen LogP contribution >= 0.6 is 11.6 Å². The van der Waals surface area contributed by atoms with Crippen LogP contribution in [0.25, 0.3) is 0 Å². The number of aliphatic hydroxyl groups is 1. The van der Waals surface area contributed by atoms with E-state index in [9.17, 15) is 19.5 Å². The lowest BCUT2D eigenvalue weighted by Gasteiger charge is -2.25. The van der Waals surface area contributed by atoms with Gasteiger partial charge in [-0.2, -0.15) is 0 Å². The van der Waals surface area contributed by atoms with Crippen molar-refractivity contribution in [2.45, 2.75) is 51.1 Å². The summed E-state index contributed by atoms with van der Waals surface area (Å²) in [7, 11) is 0.